The fourth-order valence-corrected chi connectivity index (χ4v) is 5.87. The van der Waals surface area contributed by atoms with Crippen molar-refractivity contribution in [2.75, 3.05) is 0 Å². The number of rotatable bonds is 1. The Labute approximate surface area is 118 Å². The summed E-state index contributed by atoms with van der Waals surface area (Å²) in [6.45, 7) is 1.69. The number of aromatic amines is 1. The molecule has 4 heteroatoms. The van der Waals surface area contributed by atoms with E-state index in [4.69, 9.17) is 0 Å². The second kappa shape index (κ2) is 3.94. The van der Waals surface area contributed by atoms with Crippen molar-refractivity contribution in [1.82, 2.24) is 15.3 Å². The molecule has 4 nitrogen and oxygen atoms in total. The minimum Gasteiger partial charge on any atom is -0.308 e. The van der Waals surface area contributed by atoms with Crippen LogP contribution in [0.2, 0.25) is 0 Å². The van der Waals surface area contributed by atoms with Crippen LogP contribution < -0.4 is 11.0 Å². The number of aromatic nitrogens is 2. The van der Waals surface area contributed by atoms with Crippen LogP contribution in [0.25, 0.3) is 0 Å². The molecule has 1 aromatic heterocycles. The lowest BCUT2D eigenvalue weighted by Crippen LogP contribution is -2.44. The van der Waals surface area contributed by atoms with Crippen LogP contribution in [-0.2, 0) is 13.1 Å². The molecule has 0 unspecified atom stereocenters. The molecule has 2 N–H and O–H groups in total. The van der Waals surface area contributed by atoms with E-state index in [1.54, 1.807) is 0 Å². The molecule has 6 rings (SSSR count). The molecule has 0 atom stereocenters. The van der Waals surface area contributed by atoms with Gasteiger partial charge in [0.2, 0.25) is 0 Å². The average molecular weight is 271 g/mol. The highest BCUT2D eigenvalue weighted by Gasteiger charge is 2.49. The van der Waals surface area contributed by atoms with E-state index >= 15 is 0 Å². The summed E-state index contributed by atoms with van der Waals surface area (Å²) in [5.41, 5.74) is 3.41. The van der Waals surface area contributed by atoms with Gasteiger partial charge in [0.1, 0.15) is 0 Å². The molecule has 1 aromatic rings. The number of hydrogen-bond acceptors (Lipinski definition) is 3. The maximum absolute atomic E-state index is 11.9. The van der Waals surface area contributed by atoms with Crippen molar-refractivity contribution in [1.29, 1.82) is 0 Å². The third kappa shape index (κ3) is 1.51. The van der Waals surface area contributed by atoms with Gasteiger partial charge in [-0.25, -0.2) is 4.79 Å². The maximum atomic E-state index is 11.9. The second-order valence-corrected chi connectivity index (χ2v) is 7.44. The van der Waals surface area contributed by atoms with E-state index in [-0.39, 0.29) is 5.69 Å². The normalized spacial score (nSPS) is 41.1. The second-order valence-electron chi connectivity index (χ2n) is 7.44. The molecule has 4 fully saturated rings. The molecule has 5 aliphatic rings. The molecule has 0 spiro atoms. The zero-order valence-corrected chi connectivity index (χ0v) is 11.7. The Morgan fingerprint density at radius 3 is 2.35 bits per heavy atom. The topological polar surface area (TPSA) is 57.8 Å². The third-order valence-corrected chi connectivity index (χ3v) is 6.30. The summed E-state index contributed by atoms with van der Waals surface area (Å²) in [6.07, 6.45) is 7.01. The molecule has 0 aromatic carbocycles. The number of nitrogens with zero attached hydrogens (tertiary/aromatic N) is 1. The minimum absolute atomic E-state index is 0.142. The lowest BCUT2D eigenvalue weighted by atomic mass is 9.51. The fraction of sp³-hybridized carbons (Fsp3) is 0.750. The Morgan fingerprint density at radius 1 is 0.950 bits per heavy atom. The van der Waals surface area contributed by atoms with Crippen LogP contribution in [0.5, 0.6) is 0 Å². The van der Waals surface area contributed by atoms with Gasteiger partial charge in [-0.05, 0) is 55.8 Å². The summed E-state index contributed by atoms with van der Waals surface area (Å²) in [7, 11) is 0. The first-order valence-electron chi connectivity index (χ1n) is 8.10. The van der Waals surface area contributed by atoms with Crippen LogP contribution in [0, 0.1) is 23.7 Å². The number of nitrogens with one attached hydrogen (secondary N) is 2. The largest absolute Gasteiger partial charge is 0.345 e. The van der Waals surface area contributed by atoms with Gasteiger partial charge in [-0.1, -0.05) is 0 Å². The quantitative estimate of drug-likeness (QED) is 0.820. The molecule has 4 aliphatic carbocycles. The highest BCUT2D eigenvalue weighted by atomic mass is 16.1. The maximum Gasteiger partial charge on any atom is 0.345 e. The Hall–Kier alpha value is -1.16. The molecule has 1 aliphatic heterocycles. The minimum atomic E-state index is -0.142. The van der Waals surface area contributed by atoms with Gasteiger partial charge in [0.25, 0.3) is 0 Å². The van der Waals surface area contributed by atoms with Crippen LogP contribution >= 0.6 is 0 Å². The Morgan fingerprint density at radius 2 is 1.65 bits per heavy atom. The Bertz CT molecular complexity index is 593. The zero-order chi connectivity index (χ0) is 13.3. The standard InChI is InChI=1S/C16H21N3O/c20-16-18-13-7-17-6-12(13)15(19-16)14-10-2-8-1-9(4-10)5-11(14)3-8/h8-11,14,17H,1-7H2,(H,18,19,20). The van der Waals surface area contributed by atoms with Crippen molar-refractivity contribution in [3.05, 3.63) is 27.4 Å². The highest BCUT2D eigenvalue weighted by Crippen LogP contribution is 2.59. The highest BCUT2D eigenvalue weighted by molar-refractivity contribution is 5.32. The fourth-order valence-electron chi connectivity index (χ4n) is 5.87. The lowest BCUT2D eigenvalue weighted by molar-refractivity contribution is -0.00456. The van der Waals surface area contributed by atoms with Gasteiger partial charge in [-0.3, -0.25) is 0 Å². The van der Waals surface area contributed by atoms with Crippen LogP contribution in [-0.4, -0.2) is 9.97 Å². The predicted molar refractivity (Wildman–Crippen MR) is 75.2 cm³/mol. The molecule has 0 radical (unpaired) electrons. The van der Waals surface area contributed by atoms with E-state index < -0.39 is 0 Å². The summed E-state index contributed by atoms with van der Waals surface area (Å²) in [5, 5.41) is 3.37. The van der Waals surface area contributed by atoms with Crippen LogP contribution in [0.1, 0.15) is 55.0 Å². The third-order valence-electron chi connectivity index (χ3n) is 6.30. The van der Waals surface area contributed by atoms with E-state index in [0.29, 0.717) is 5.92 Å². The number of fused-ring (bicyclic) bond motifs is 1. The molecule has 4 saturated carbocycles. The van der Waals surface area contributed by atoms with Crippen LogP contribution in [0.4, 0.5) is 0 Å². The zero-order valence-electron chi connectivity index (χ0n) is 11.7. The first-order valence-corrected chi connectivity index (χ1v) is 8.10. The summed E-state index contributed by atoms with van der Waals surface area (Å²) >= 11 is 0. The molecular formula is C16H21N3O. The summed E-state index contributed by atoms with van der Waals surface area (Å²) in [5.74, 6) is 4.11. The van der Waals surface area contributed by atoms with Gasteiger partial charge in [-0.2, -0.15) is 4.98 Å². The van der Waals surface area contributed by atoms with Gasteiger partial charge in [0.05, 0.1) is 5.69 Å². The summed E-state index contributed by atoms with van der Waals surface area (Å²) < 4.78 is 0. The average Bonchev–Trinajstić information content (AvgIpc) is 2.85. The molecule has 2 heterocycles. The van der Waals surface area contributed by atoms with Gasteiger partial charge in [0, 0.05) is 30.3 Å². The van der Waals surface area contributed by atoms with Crippen molar-refractivity contribution in [2.45, 2.75) is 51.1 Å². The molecule has 0 amide bonds. The monoisotopic (exact) mass is 271 g/mol. The Kier molecular flexibility index (Phi) is 2.26. The number of hydrogen-bond donors (Lipinski definition) is 2. The molecule has 106 valence electrons. The molecular weight excluding hydrogens is 250 g/mol. The summed E-state index contributed by atoms with van der Waals surface area (Å²) in [6, 6.07) is 0. The predicted octanol–water partition coefficient (Wildman–Crippen LogP) is 1.91. The van der Waals surface area contributed by atoms with Gasteiger partial charge < -0.3 is 10.3 Å². The first-order chi connectivity index (χ1) is 9.78. The van der Waals surface area contributed by atoms with Gasteiger partial charge in [-0.15, -0.1) is 0 Å². The number of H-pyrrole nitrogens is 1. The molecule has 0 saturated heterocycles. The van der Waals surface area contributed by atoms with E-state index in [1.807, 2.05) is 0 Å². The van der Waals surface area contributed by atoms with Crippen molar-refractivity contribution >= 4 is 0 Å². The SMILES string of the molecule is O=c1nc(C2C3CC4CC(C3)CC2C4)c2c([nH]1)CNC2. The van der Waals surface area contributed by atoms with Crippen molar-refractivity contribution < 1.29 is 0 Å². The smallest absolute Gasteiger partial charge is 0.308 e. The van der Waals surface area contributed by atoms with E-state index in [9.17, 15) is 4.79 Å². The van der Waals surface area contributed by atoms with E-state index in [0.717, 1.165) is 48.1 Å². The molecule has 20 heavy (non-hydrogen) atoms. The van der Waals surface area contributed by atoms with Crippen molar-refractivity contribution in [3.63, 3.8) is 0 Å². The van der Waals surface area contributed by atoms with Crippen molar-refractivity contribution in [3.8, 4) is 0 Å². The first kappa shape index (κ1) is 11.5. The van der Waals surface area contributed by atoms with Crippen LogP contribution in [0.3, 0.4) is 0 Å². The van der Waals surface area contributed by atoms with Crippen LogP contribution in [0.15, 0.2) is 4.79 Å². The van der Waals surface area contributed by atoms with Crippen molar-refractivity contribution in [2.24, 2.45) is 23.7 Å². The van der Waals surface area contributed by atoms with Gasteiger partial charge >= 0.3 is 5.69 Å². The Balaban J connectivity index is 1.62. The van der Waals surface area contributed by atoms with E-state index in [1.165, 1.54) is 37.7 Å². The molecule has 4 bridgehead atoms. The lowest BCUT2D eigenvalue weighted by Gasteiger charge is -2.54. The van der Waals surface area contributed by atoms with E-state index in [2.05, 4.69) is 15.3 Å². The van der Waals surface area contributed by atoms with Gasteiger partial charge in [0.15, 0.2) is 0 Å². The summed E-state index contributed by atoms with van der Waals surface area (Å²) in [4.78, 5) is 19.3.